The Morgan fingerprint density at radius 3 is 2.63 bits per heavy atom. The first kappa shape index (κ1) is 19.7. The molecule has 3 aliphatic heterocycles. The summed E-state index contributed by atoms with van der Waals surface area (Å²) in [5, 5.41) is 0. The minimum Gasteiger partial charge on any atom is -0.467 e. The molecule has 8 heteroatoms. The van der Waals surface area contributed by atoms with Crippen molar-refractivity contribution in [1.29, 1.82) is 0 Å². The summed E-state index contributed by atoms with van der Waals surface area (Å²) in [7, 11) is 1.58. The van der Waals surface area contributed by atoms with Crippen molar-refractivity contribution in [3.8, 4) is 6.01 Å². The summed E-state index contributed by atoms with van der Waals surface area (Å²) in [5.74, 6) is 0.911. The minimum absolute atomic E-state index is 0.200. The molecule has 2 fully saturated rings. The van der Waals surface area contributed by atoms with E-state index in [4.69, 9.17) is 9.47 Å². The van der Waals surface area contributed by atoms with Gasteiger partial charge < -0.3 is 14.0 Å². The van der Waals surface area contributed by atoms with Gasteiger partial charge in [-0.15, -0.1) is 0 Å². The number of rotatable bonds is 5. The maximum Gasteiger partial charge on any atom is 0.316 e. The van der Waals surface area contributed by atoms with Crippen LogP contribution in [0.25, 0.3) is 0 Å². The summed E-state index contributed by atoms with van der Waals surface area (Å²) in [6.45, 7) is 7.64. The zero-order valence-corrected chi connectivity index (χ0v) is 17.5. The molecule has 0 N–H and O–H groups in total. The van der Waals surface area contributed by atoms with Crippen LogP contribution in [0.1, 0.15) is 29.2 Å². The number of ether oxygens (including phenoxy) is 2. The molecule has 5 rings (SSSR count). The van der Waals surface area contributed by atoms with E-state index in [-0.39, 0.29) is 5.56 Å². The molecule has 0 unspecified atom stereocenters. The number of aromatic nitrogens is 3. The summed E-state index contributed by atoms with van der Waals surface area (Å²) >= 11 is 0. The predicted molar refractivity (Wildman–Crippen MR) is 112 cm³/mol. The van der Waals surface area contributed by atoms with Gasteiger partial charge in [0.2, 0.25) is 0 Å². The first-order chi connectivity index (χ1) is 14.7. The molecule has 8 nitrogen and oxygen atoms in total. The Hall–Kier alpha value is -2.29. The number of methoxy groups -OCH3 is 1. The van der Waals surface area contributed by atoms with E-state index in [2.05, 4.69) is 36.5 Å². The van der Waals surface area contributed by atoms with Crippen molar-refractivity contribution in [3.63, 3.8) is 0 Å². The van der Waals surface area contributed by atoms with Crippen LogP contribution in [0.4, 0.5) is 0 Å². The maximum atomic E-state index is 13.2. The molecule has 2 atom stereocenters. The highest BCUT2D eigenvalue weighted by molar-refractivity contribution is 5.22. The number of hydrogen-bond acceptors (Lipinski definition) is 7. The fourth-order valence-electron chi connectivity index (χ4n) is 5.13. The molecule has 0 amide bonds. The van der Waals surface area contributed by atoms with Gasteiger partial charge in [-0.1, -0.05) is 6.07 Å². The van der Waals surface area contributed by atoms with E-state index < -0.39 is 0 Å². The van der Waals surface area contributed by atoms with Crippen LogP contribution in [0.3, 0.4) is 0 Å². The number of likely N-dealkylation sites (tertiary alicyclic amines) is 1. The monoisotopic (exact) mass is 411 g/mol. The second-order valence-electron chi connectivity index (χ2n) is 8.66. The van der Waals surface area contributed by atoms with Gasteiger partial charge in [0.05, 0.1) is 20.3 Å². The Morgan fingerprint density at radius 1 is 1.07 bits per heavy atom. The molecule has 2 saturated heterocycles. The lowest BCUT2D eigenvalue weighted by Gasteiger charge is -2.43. The average molecular weight is 412 g/mol. The van der Waals surface area contributed by atoms with Crippen LogP contribution >= 0.6 is 0 Å². The zero-order valence-electron chi connectivity index (χ0n) is 17.5. The van der Waals surface area contributed by atoms with Crippen LogP contribution in [0.5, 0.6) is 6.01 Å². The molecule has 0 saturated carbocycles. The van der Waals surface area contributed by atoms with E-state index in [1.165, 1.54) is 5.69 Å². The molecule has 2 aromatic heterocycles. The minimum atomic E-state index is 0.200. The van der Waals surface area contributed by atoms with Crippen molar-refractivity contribution in [1.82, 2.24) is 24.3 Å². The zero-order chi connectivity index (χ0) is 20.5. The first-order valence-electron chi connectivity index (χ1n) is 10.8. The van der Waals surface area contributed by atoms with Crippen molar-refractivity contribution in [2.45, 2.75) is 32.0 Å². The summed E-state index contributed by atoms with van der Waals surface area (Å²) < 4.78 is 12.5. The van der Waals surface area contributed by atoms with Gasteiger partial charge in [-0.25, -0.2) is 9.97 Å². The molecule has 3 aliphatic rings. The van der Waals surface area contributed by atoms with Gasteiger partial charge >= 0.3 is 6.01 Å². The van der Waals surface area contributed by atoms with Crippen LogP contribution in [-0.2, 0) is 24.4 Å². The first-order valence-corrected chi connectivity index (χ1v) is 10.8. The van der Waals surface area contributed by atoms with E-state index in [0.29, 0.717) is 17.8 Å². The van der Waals surface area contributed by atoms with E-state index in [1.807, 2.05) is 12.4 Å². The largest absolute Gasteiger partial charge is 0.467 e. The highest BCUT2D eigenvalue weighted by Gasteiger charge is 2.35. The lowest BCUT2D eigenvalue weighted by atomic mass is 9.83. The number of piperidine rings is 1. The van der Waals surface area contributed by atoms with Crippen LogP contribution in [0, 0.1) is 5.92 Å². The van der Waals surface area contributed by atoms with Crippen LogP contribution < -0.4 is 10.3 Å². The Labute approximate surface area is 176 Å². The van der Waals surface area contributed by atoms with Gasteiger partial charge in [-0.2, -0.15) is 0 Å². The Balaban J connectivity index is 1.31. The van der Waals surface area contributed by atoms with Gasteiger partial charge in [-0.05, 0) is 18.4 Å². The van der Waals surface area contributed by atoms with Crippen molar-refractivity contribution >= 4 is 0 Å². The number of pyridine rings is 1. The SMILES string of the molecule is COc1ncc(CN2C[C@@H]3C[C@H](C2)c2ccc(CN4CCOCC4)c(=O)n2C3)cn1. The number of fused-ring (bicyclic) bond motifs is 4. The highest BCUT2D eigenvalue weighted by atomic mass is 16.5. The molecule has 30 heavy (non-hydrogen) atoms. The normalized spacial score (nSPS) is 24.4. The quantitative estimate of drug-likeness (QED) is 0.729. The third kappa shape index (κ3) is 3.99. The van der Waals surface area contributed by atoms with Gasteiger partial charge in [0.25, 0.3) is 5.56 Å². The lowest BCUT2D eigenvalue weighted by molar-refractivity contribution is 0.0338. The van der Waals surface area contributed by atoms with E-state index in [9.17, 15) is 4.79 Å². The third-order valence-corrected chi connectivity index (χ3v) is 6.53. The average Bonchev–Trinajstić information content (AvgIpc) is 2.77. The summed E-state index contributed by atoms with van der Waals surface area (Å²) in [6.07, 6.45) is 4.84. The van der Waals surface area contributed by atoms with Gasteiger partial charge in [0.15, 0.2) is 0 Å². The van der Waals surface area contributed by atoms with Crippen molar-refractivity contribution in [2.75, 3.05) is 46.5 Å². The summed E-state index contributed by atoms with van der Waals surface area (Å²) in [6, 6.07) is 4.65. The molecule has 0 aromatic carbocycles. The maximum absolute atomic E-state index is 13.2. The van der Waals surface area contributed by atoms with E-state index in [0.717, 1.165) is 76.6 Å². The smallest absolute Gasteiger partial charge is 0.316 e. The summed E-state index contributed by atoms with van der Waals surface area (Å²) in [5.41, 5.74) is 3.39. The predicted octanol–water partition coefficient (Wildman–Crippen LogP) is 1.10. The lowest BCUT2D eigenvalue weighted by Crippen LogP contribution is -2.47. The molecule has 5 heterocycles. The van der Waals surface area contributed by atoms with E-state index >= 15 is 0 Å². The van der Waals surface area contributed by atoms with Gasteiger partial charge in [0.1, 0.15) is 0 Å². The highest BCUT2D eigenvalue weighted by Crippen LogP contribution is 2.35. The Bertz CT molecular complexity index is 939. The van der Waals surface area contributed by atoms with E-state index in [1.54, 1.807) is 7.11 Å². The molecule has 2 bridgehead atoms. The molecule has 0 spiro atoms. The van der Waals surface area contributed by atoms with Crippen molar-refractivity contribution < 1.29 is 9.47 Å². The van der Waals surface area contributed by atoms with Crippen molar-refractivity contribution in [2.24, 2.45) is 5.92 Å². The number of morpholine rings is 1. The second kappa shape index (κ2) is 8.45. The molecule has 0 radical (unpaired) electrons. The van der Waals surface area contributed by atoms with Crippen LogP contribution in [0.2, 0.25) is 0 Å². The van der Waals surface area contributed by atoms with Crippen LogP contribution in [-0.4, -0.2) is 70.8 Å². The summed E-state index contributed by atoms with van der Waals surface area (Å²) in [4.78, 5) is 26.4. The third-order valence-electron chi connectivity index (χ3n) is 6.53. The fourth-order valence-corrected chi connectivity index (χ4v) is 5.13. The second-order valence-corrected chi connectivity index (χ2v) is 8.66. The Morgan fingerprint density at radius 2 is 1.87 bits per heavy atom. The number of hydrogen-bond donors (Lipinski definition) is 0. The molecule has 0 aliphatic carbocycles. The molecular weight excluding hydrogens is 382 g/mol. The van der Waals surface area contributed by atoms with Crippen molar-refractivity contribution in [3.05, 3.63) is 51.7 Å². The number of nitrogens with zero attached hydrogens (tertiary/aromatic N) is 5. The molecule has 2 aromatic rings. The Kier molecular flexibility index (Phi) is 5.54. The topological polar surface area (TPSA) is 72.7 Å². The van der Waals surface area contributed by atoms with Gasteiger partial charge in [-0.3, -0.25) is 14.6 Å². The fraction of sp³-hybridized carbons (Fsp3) is 0.591. The standard InChI is InChI=1S/C22H29N5O3/c1-29-22-23-9-17(10-24-22)12-26-11-16-8-19(15-26)20-3-2-18(21(28)27(20)13-16)14-25-4-6-30-7-5-25/h2-3,9-10,16,19H,4-8,11-15H2,1H3/t16-,19+/m0/s1. The van der Waals surface area contributed by atoms with Crippen LogP contribution in [0.15, 0.2) is 29.3 Å². The molecular formula is C22H29N5O3. The molecule has 160 valence electrons. The van der Waals surface area contributed by atoms with Gasteiger partial charge in [0, 0.05) is 80.9 Å².